The van der Waals surface area contributed by atoms with Crippen molar-refractivity contribution in [3.05, 3.63) is 11.7 Å². The number of thioether (sulfide) groups is 1. The quantitative estimate of drug-likeness (QED) is 0.716. The van der Waals surface area contributed by atoms with Crippen molar-refractivity contribution in [1.82, 2.24) is 10.1 Å². The summed E-state index contributed by atoms with van der Waals surface area (Å²) in [5, 5.41) is 4.00. The maximum Gasteiger partial charge on any atom is 0.306 e. The van der Waals surface area contributed by atoms with Crippen molar-refractivity contribution in [2.75, 3.05) is 12.9 Å². The SMILES string of the molecule is COC(=O)CC1(CSCc2nc(C3CC3)no2)CC1. The first-order chi connectivity index (χ1) is 9.21. The molecule has 0 radical (unpaired) electrons. The van der Waals surface area contributed by atoms with Gasteiger partial charge in [0.2, 0.25) is 5.89 Å². The summed E-state index contributed by atoms with van der Waals surface area (Å²) >= 11 is 1.77. The molecule has 2 fully saturated rings. The molecule has 1 aromatic rings. The zero-order valence-corrected chi connectivity index (χ0v) is 11.9. The number of carbonyl (C=O) groups is 1. The average molecular weight is 282 g/mol. The number of methoxy groups -OCH3 is 1. The summed E-state index contributed by atoms with van der Waals surface area (Å²) in [5.74, 6) is 3.71. The Morgan fingerprint density at radius 1 is 1.53 bits per heavy atom. The summed E-state index contributed by atoms with van der Waals surface area (Å²) in [6, 6.07) is 0. The van der Waals surface area contributed by atoms with E-state index in [2.05, 4.69) is 10.1 Å². The number of nitrogens with zero attached hydrogens (tertiary/aromatic N) is 2. The van der Waals surface area contributed by atoms with Gasteiger partial charge in [-0.05, 0) is 36.9 Å². The fourth-order valence-corrected chi connectivity index (χ4v) is 3.33. The number of aromatic nitrogens is 2. The van der Waals surface area contributed by atoms with Crippen LogP contribution in [0.4, 0.5) is 0 Å². The number of ether oxygens (including phenoxy) is 1. The third-order valence-corrected chi connectivity index (χ3v) is 5.03. The lowest BCUT2D eigenvalue weighted by Gasteiger charge is -2.11. The first-order valence-corrected chi connectivity index (χ1v) is 7.83. The predicted octanol–water partition coefficient (Wildman–Crippen LogP) is 2.52. The molecule has 1 heterocycles. The molecule has 6 heteroatoms. The van der Waals surface area contributed by atoms with E-state index in [4.69, 9.17) is 9.26 Å². The second kappa shape index (κ2) is 5.15. The molecule has 1 aromatic heterocycles. The van der Waals surface area contributed by atoms with Gasteiger partial charge >= 0.3 is 5.97 Å². The molecule has 19 heavy (non-hydrogen) atoms. The Morgan fingerprint density at radius 3 is 2.95 bits per heavy atom. The van der Waals surface area contributed by atoms with Gasteiger partial charge in [0.25, 0.3) is 0 Å². The fraction of sp³-hybridized carbons (Fsp3) is 0.769. The Balaban J connectivity index is 1.43. The van der Waals surface area contributed by atoms with Gasteiger partial charge in [0.05, 0.1) is 19.3 Å². The standard InChI is InChI=1S/C13H18N2O3S/c1-17-11(16)6-13(4-5-13)8-19-7-10-14-12(15-18-10)9-2-3-9/h9H,2-8H2,1H3. The Labute approximate surface area is 116 Å². The molecular weight excluding hydrogens is 264 g/mol. The van der Waals surface area contributed by atoms with Crippen LogP contribution in [0.1, 0.15) is 49.7 Å². The van der Waals surface area contributed by atoms with E-state index in [1.807, 2.05) is 0 Å². The molecule has 2 saturated carbocycles. The van der Waals surface area contributed by atoms with Crippen LogP contribution in [-0.4, -0.2) is 29.0 Å². The van der Waals surface area contributed by atoms with Crippen molar-refractivity contribution < 1.29 is 14.1 Å². The predicted molar refractivity (Wildman–Crippen MR) is 70.7 cm³/mol. The van der Waals surface area contributed by atoms with Crippen LogP contribution in [0, 0.1) is 5.41 Å². The van der Waals surface area contributed by atoms with Crippen LogP contribution < -0.4 is 0 Å². The van der Waals surface area contributed by atoms with Crippen LogP contribution >= 0.6 is 11.8 Å². The van der Waals surface area contributed by atoms with Gasteiger partial charge in [-0.1, -0.05) is 5.16 Å². The van der Waals surface area contributed by atoms with E-state index >= 15 is 0 Å². The minimum Gasteiger partial charge on any atom is -0.469 e. The van der Waals surface area contributed by atoms with Crippen molar-refractivity contribution in [2.45, 2.75) is 43.8 Å². The molecule has 0 bridgehead atoms. The molecule has 0 aromatic carbocycles. The lowest BCUT2D eigenvalue weighted by Crippen LogP contribution is -2.13. The van der Waals surface area contributed by atoms with Gasteiger partial charge < -0.3 is 9.26 Å². The summed E-state index contributed by atoms with van der Waals surface area (Å²) in [5.41, 5.74) is 0.164. The Morgan fingerprint density at radius 2 is 2.32 bits per heavy atom. The lowest BCUT2D eigenvalue weighted by atomic mass is 10.1. The summed E-state index contributed by atoms with van der Waals surface area (Å²) in [6.07, 6.45) is 5.15. The second-order valence-corrected chi connectivity index (χ2v) is 6.55. The van der Waals surface area contributed by atoms with E-state index in [1.54, 1.807) is 11.8 Å². The Bertz CT molecular complexity index is 466. The van der Waals surface area contributed by atoms with Crippen LogP contribution in [0.3, 0.4) is 0 Å². The third kappa shape index (κ3) is 3.29. The average Bonchev–Trinajstić information content (AvgIpc) is 3.32. The zero-order valence-electron chi connectivity index (χ0n) is 11.1. The molecule has 2 aliphatic carbocycles. The van der Waals surface area contributed by atoms with Crippen molar-refractivity contribution in [2.24, 2.45) is 5.41 Å². The van der Waals surface area contributed by atoms with Gasteiger partial charge in [-0.15, -0.1) is 0 Å². The summed E-state index contributed by atoms with van der Waals surface area (Å²) < 4.78 is 9.97. The fourth-order valence-electron chi connectivity index (χ4n) is 2.12. The molecule has 3 rings (SSSR count). The number of carbonyl (C=O) groups excluding carboxylic acids is 1. The van der Waals surface area contributed by atoms with Crippen molar-refractivity contribution in [1.29, 1.82) is 0 Å². The highest BCUT2D eigenvalue weighted by molar-refractivity contribution is 7.98. The number of hydrogen-bond acceptors (Lipinski definition) is 6. The number of rotatable bonds is 7. The molecule has 0 aliphatic heterocycles. The molecule has 0 atom stereocenters. The zero-order chi connectivity index (χ0) is 13.3. The minimum atomic E-state index is -0.105. The molecule has 104 valence electrons. The van der Waals surface area contributed by atoms with E-state index in [1.165, 1.54) is 20.0 Å². The Kier molecular flexibility index (Phi) is 3.52. The maximum absolute atomic E-state index is 11.3. The van der Waals surface area contributed by atoms with Gasteiger partial charge in [0, 0.05) is 5.92 Å². The van der Waals surface area contributed by atoms with Crippen LogP contribution in [0.15, 0.2) is 4.52 Å². The van der Waals surface area contributed by atoms with Gasteiger partial charge in [0.15, 0.2) is 5.82 Å². The van der Waals surface area contributed by atoms with E-state index in [-0.39, 0.29) is 11.4 Å². The highest BCUT2D eigenvalue weighted by Gasteiger charge is 2.44. The van der Waals surface area contributed by atoms with Gasteiger partial charge in [-0.3, -0.25) is 4.79 Å². The normalized spacial score (nSPS) is 20.3. The number of hydrogen-bond donors (Lipinski definition) is 0. The largest absolute Gasteiger partial charge is 0.469 e. The van der Waals surface area contributed by atoms with Crippen molar-refractivity contribution in [3.8, 4) is 0 Å². The molecule has 0 N–H and O–H groups in total. The van der Waals surface area contributed by atoms with Crippen LogP contribution in [0.2, 0.25) is 0 Å². The van der Waals surface area contributed by atoms with E-state index in [0.717, 1.165) is 30.2 Å². The summed E-state index contributed by atoms with van der Waals surface area (Å²) in [6.45, 7) is 0. The first-order valence-electron chi connectivity index (χ1n) is 6.68. The molecule has 0 unspecified atom stereocenters. The molecule has 0 saturated heterocycles. The Hall–Kier alpha value is -1.04. The summed E-state index contributed by atoms with van der Waals surface area (Å²) in [7, 11) is 1.45. The van der Waals surface area contributed by atoms with Gasteiger partial charge in [-0.25, -0.2) is 0 Å². The highest BCUT2D eigenvalue weighted by atomic mass is 32.2. The number of esters is 1. The van der Waals surface area contributed by atoms with Gasteiger partial charge in [0.1, 0.15) is 0 Å². The van der Waals surface area contributed by atoms with Crippen molar-refractivity contribution in [3.63, 3.8) is 0 Å². The van der Waals surface area contributed by atoms with E-state index in [9.17, 15) is 4.79 Å². The maximum atomic E-state index is 11.3. The molecular formula is C13H18N2O3S. The van der Waals surface area contributed by atoms with Crippen LogP contribution in [0.5, 0.6) is 0 Å². The molecule has 2 aliphatic rings. The monoisotopic (exact) mass is 282 g/mol. The highest BCUT2D eigenvalue weighted by Crippen LogP contribution is 2.51. The van der Waals surface area contributed by atoms with Crippen LogP contribution in [-0.2, 0) is 15.3 Å². The topological polar surface area (TPSA) is 65.2 Å². The van der Waals surface area contributed by atoms with Crippen LogP contribution in [0.25, 0.3) is 0 Å². The third-order valence-electron chi connectivity index (χ3n) is 3.76. The minimum absolute atomic E-state index is 0.105. The van der Waals surface area contributed by atoms with Gasteiger partial charge in [-0.2, -0.15) is 16.7 Å². The molecule has 0 spiro atoms. The first kappa shape index (κ1) is 13.0. The van der Waals surface area contributed by atoms with E-state index in [0.29, 0.717) is 18.2 Å². The molecule has 5 nitrogen and oxygen atoms in total. The van der Waals surface area contributed by atoms with E-state index < -0.39 is 0 Å². The second-order valence-electron chi connectivity index (χ2n) is 5.57. The summed E-state index contributed by atoms with van der Waals surface area (Å²) in [4.78, 5) is 15.7. The lowest BCUT2D eigenvalue weighted by molar-refractivity contribution is -0.141. The molecule has 0 amide bonds. The van der Waals surface area contributed by atoms with Crippen molar-refractivity contribution >= 4 is 17.7 Å². The smallest absolute Gasteiger partial charge is 0.306 e.